The Morgan fingerprint density at radius 1 is 1.29 bits per heavy atom. The summed E-state index contributed by atoms with van der Waals surface area (Å²) in [6.07, 6.45) is 0. The fraction of sp³-hybridized carbons (Fsp3) is 0.300. The van der Waals surface area contributed by atoms with Crippen LogP contribution in [0.2, 0.25) is 0 Å². The molecule has 0 aliphatic rings. The topological polar surface area (TPSA) is 35.5 Å². The second-order valence-corrected chi connectivity index (χ2v) is 2.72. The van der Waals surface area contributed by atoms with Crippen LogP contribution in [0.5, 0.6) is 11.5 Å². The van der Waals surface area contributed by atoms with Crippen LogP contribution in [-0.4, -0.2) is 20.0 Å². The van der Waals surface area contributed by atoms with Crippen LogP contribution in [0.15, 0.2) is 12.1 Å². The van der Waals surface area contributed by atoms with Crippen LogP contribution in [0.1, 0.15) is 17.3 Å². The molecule has 0 spiro atoms. The minimum atomic E-state index is -0.650. The highest BCUT2D eigenvalue weighted by molar-refractivity contribution is 5.97. The van der Waals surface area contributed by atoms with Gasteiger partial charge in [0.2, 0.25) is 5.82 Å². The normalized spacial score (nSPS) is 9.71. The molecule has 3 nitrogen and oxygen atoms in total. The van der Waals surface area contributed by atoms with Gasteiger partial charge in [0.05, 0.1) is 19.8 Å². The van der Waals surface area contributed by atoms with Crippen molar-refractivity contribution in [1.82, 2.24) is 0 Å². The Hall–Kier alpha value is -1.58. The van der Waals surface area contributed by atoms with Gasteiger partial charge in [-0.05, 0) is 19.1 Å². The van der Waals surface area contributed by atoms with Crippen LogP contribution in [0, 0.1) is 5.82 Å². The number of carbonyl (C=O) groups excluding carboxylic acids is 1. The maximum atomic E-state index is 13.5. The third-order valence-corrected chi connectivity index (χ3v) is 1.87. The summed E-state index contributed by atoms with van der Waals surface area (Å²) in [5.41, 5.74) is 0.214. The smallest absolute Gasteiger partial charge is 0.207 e. The van der Waals surface area contributed by atoms with E-state index in [4.69, 9.17) is 9.47 Å². The summed E-state index contributed by atoms with van der Waals surface area (Å²) in [5, 5.41) is 0. The van der Waals surface area contributed by atoms with Crippen molar-refractivity contribution in [2.45, 2.75) is 6.92 Å². The summed E-state index contributed by atoms with van der Waals surface area (Å²) in [4.78, 5) is 11.1. The molecule has 0 fully saturated rings. The van der Waals surface area contributed by atoms with Gasteiger partial charge in [0.25, 0.3) is 0 Å². The van der Waals surface area contributed by atoms with E-state index in [1.807, 2.05) is 0 Å². The molecule has 0 saturated heterocycles. The van der Waals surface area contributed by atoms with Crippen molar-refractivity contribution in [1.29, 1.82) is 0 Å². The summed E-state index contributed by atoms with van der Waals surface area (Å²) in [6, 6.07) is 2.87. The molecule has 0 aliphatic heterocycles. The van der Waals surface area contributed by atoms with E-state index in [1.54, 1.807) is 0 Å². The fourth-order valence-corrected chi connectivity index (χ4v) is 1.17. The van der Waals surface area contributed by atoms with E-state index in [-0.39, 0.29) is 22.8 Å². The van der Waals surface area contributed by atoms with Crippen molar-refractivity contribution in [2.24, 2.45) is 0 Å². The maximum Gasteiger partial charge on any atom is 0.207 e. The predicted octanol–water partition coefficient (Wildman–Crippen LogP) is 2.05. The Balaban J connectivity index is 3.35. The van der Waals surface area contributed by atoms with E-state index >= 15 is 0 Å². The monoisotopic (exact) mass is 198 g/mol. The molecule has 0 bridgehead atoms. The van der Waals surface area contributed by atoms with E-state index in [0.29, 0.717) is 0 Å². The average molecular weight is 198 g/mol. The van der Waals surface area contributed by atoms with E-state index in [1.165, 1.54) is 33.3 Å². The number of methoxy groups -OCH3 is 2. The Labute approximate surface area is 81.4 Å². The summed E-state index contributed by atoms with van der Waals surface area (Å²) >= 11 is 0. The molecular weight excluding hydrogens is 187 g/mol. The quantitative estimate of drug-likeness (QED) is 0.697. The van der Waals surface area contributed by atoms with E-state index < -0.39 is 5.82 Å². The van der Waals surface area contributed by atoms with Crippen molar-refractivity contribution < 1.29 is 18.7 Å². The van der Waals surface area contributed by atoms with Crippen LogP contribution in [-0.2, 0) is 0 Å². The van der Waals surface area contributed by atoms with Crippen molar-refractivity contribution in [2.75, 3.05) is 14.2 Å². The summed E-state index contributed by atoms with van der Waals surface area (Å²) in [7, 11) is 2.66. The molecule has 4 heteroatoms. The lowest BCUT2D eigenvalue weighted by Gasteiger charge is -2.09. The number of Topliss-reactive ketones (excluding diaryl/α,β-unsaturated/α-hetero) is 1. The van der Waals surface area contributed by atoms with Crippen molar-refractivity contribution in [3.05, 3.63) is 23.5 Å². The van der Waals surface area contributed by atoms with Crippen molar-refractivity contribution in [3.8, 4) is 11.5 Å². The minimum absolute atomic E-state index is 0.0619. The summed E-state index contributed by atoms with van der Waals surface area (Å²) in [5.74, 6) is -0.908. The molecule has 0 aliphatic carbocycles. The Morgan fingerprint density at radius 2 is 1.93 bits per heavy atom. The first-order chi connectivity index (χ1) is 6.61. The van der Waals surface area contributed by atoms with Crippen LogP contribution >= 0.6 is 0 Å². The SMILES string of the molecule is COc1ccc(C(C)=O)c(OC)c1F. The van der Waals surface area contributed by atoms with E-state index in [0.717, 1.165) is 0 Å². The van der Waals surface area contributed by atoms with Gasteiger partial charge in [-0.25, -0.2) is 0 Å². The predicted molar refractivity (Wildman–Crippen MR) is 49.5 cm³/mol. The van der Waals surface area contributed by atoms with Crippen LogP contribution in [0.3, 0.4) is 0 Å². The molecule has 76 valence electrons. The van der Waals surface area contributed by atoms with Gasteiger partial charge < -0.3 is 9.47 Å². The molecule has 0 radical (unpaired) electrons. The highest BCUT2D eigenvalue weighted by atomic mass is 19.1. The van der Waals surface area contributed by atoms with Gasteiger partial charge in [-0.3, -0.25) is 4.79 Å². The Bertz CT molecular complexity index is 361. The number of ketones is 1. The zero-order valence-corrected chi connectivity index (χ0v) is 8.26. The fourth-order valence-electron chi connectivity index (χ4n) is 1.17. The lowest BCUT2D eigenvalue weighted by atomic mass is 10.1. The second-order valence-electron chi connectivity index (χ2n) is 2.72. The number of halogens is 1. The Morgan fingerprint density at radius 3 is 2.36 bits per heavy atom. The molecule has 14 heavy (non-hydrogen) atoms. The minimum Gasteiger partial charge on any atom is -0.494 e. The number of carbonyl (C=O) groups is 1. The Kier molecular flexibility index (Phi) is 3.06. The molecular formula is C10H11FO3. The van der Waals surface area contributed by atoms with Gasteiger partial charge in [-0.1, -0.05) is 0 Å². The maximum absolute atomic E-state index is 13.5. The molecule has 0 heterocycles. The zero-order valence-electron chi connectivity index (χ0n) is 8.26. The number of hydrogen-bond donors (Lipinski definition) is 0. The molecule has 0 unspecified atom stereocenters. The number of benzene rings is 1. The molecule has 0 saturated carbocycles. The molecule has 0 atom stereocenters. The molecule has 1 aromatic rings. The second kappa shape index (κ2) is 4.09. The summed E-state index contributed by atoms with van der Waals surface area (Å²) in [6.45, 7) is 1.35. The van der Waals surface area contributed by atoms with Crippen LogP contribution in [0.25, 0.3) is 0 Å². The third-order valence-electron chi connectivity index (χ3n) is 1.87. The van der Waals surface area contributed by atoms with Gasteiger partial charge in [0.15, 0.2) is 17.3 Å². The lowest BCUT2D eigenvalue weighted by Crippen LogP contribution is -2.01. The van der Waals surface area contributed by atoms with Gasteiger partial charge in [0, 0.05) is 0 Å². The molecule has 0 N–H and O–H groups in total. The highest BCUT2D eigenvalue weighted by Gasteiger charge is 2.16. The first-order valence-corrected chi connectivity index (χ1v) is 4.03. The standard InChI is InChI=1S/C10H11FO3/c1-6(12)7-4-5-8(13-2)9(11)10(7)14-3/h4-5H,1-3H3. The van der Waals surface area contributed by atoms with Crippen molar-refractivity contribution in [3.63, 3.8) is 0 Å². The molecule has 1 aromatic carbocycles. The van der Waals surface area contributed by atoms with E-state index in [2.05, 4.69) is 0 Å². The lowest BCUT2D eigenvalue weighted by molar-refractivity contribution is 0.101. The van der Waals surface area contributed by atoms with E-state index in [9.17, 15) is 9.18 Å². The van der Waals surface area contributed by atoms with Crippen LogP contribution < -0.4 is 9.47 Å². The van der Waals surface area contributed by atoms with Crippen molar-refractivity contribution >= 4 is 5.78 Å². The van der Waals surface area contributed by atoms with Gasteiger partial charge in [-0.15, -0.1) is 0 Å². The molecule has 0 aromatic heterocycles. The number of rotatable bonds is 3. The largest absolute Gasteiger partial charge is 0.494 e. The first kappa shape index (κ1) is 10.5. The van der Waals surface area contributed by atoms with Crippen LogP contribution in [0.4, 0.5) is 4.39 Å². The number of hydrogen-bond acceptors (Lipinski definition) is 3. The van der Waals surface area contributed by atoms with Gasteiger partial charge >= 0.3 is 0 Å². The zero-order chi connectivity index (χ0) is 10.7. The summed E-state index contributed by atoms with van der Waals surface area (Å²) < 4.78 is 23.1. The highest BCUT2D eigenvalue weighted by Crippen LogP contribution is 2.30. The molecule has 0 amide bonds. The van der Waals surface area contributed by atoms with Gasteiger partial charge in [0.1, 0.15) is 0 Å². The number of ether oxygens (including phenoxy) is 2. The van der Waals surface area contributed by atoms with Gasteiger partial charge in [-0.2, -0.15) is 4.39 Å². The first-order valence-electron chi connectivity index (χ1n) is 4.03. The average Bonchev–Trinajstić information content (AvgIpc) is 2.17. The molecule has 1 rings (SSSR count). The third kappa shape index (κ3) is 1.69.